The number of amides is 1. The molecule has 160 valence electrons. The Hall–Kier alpha value is -1.88. The van der Waals surface area contributed by atoms with E-state index < -0.39 is 11.5 Å². The first kappa shape index (κ1) is 22.8. The molecule has 0 aliphatic heterocycles. The number of aliphatic hydroxyl groups is 1. The van der Waals surface area contributed by atoms with Crippen molar-refractivity contribution in [2.24, 2.45) is 0 Å². The summed E-state index contributed by atoms with van der Waals surface area (Å²) in [5.74, 6) is -0.533. The van der Waals surface area contributed by atoms with E-state index in [1.165, 1.54) is 36.0 Å². The highest BCUT2D eigenvalue weighted by molar-refractivity contribution is 9.10. The second-order valence-corrected chi connectivity index (χ2v) is 8.42. The average molecular weight is 521 g/mol. The van der Waals surface area contributed by atoms with E-state index in [0.717, 1.165) is 10.7 Å². The molecule has 1 heterocycles. The van der Waals surface area contributed by atoms with Gasteiger partial charge >= 0.3 is 5.57 Å². The van der Waals surface area contributed by atoms with E-state index in [1.54, 1.807) is 12.1 Å². The van der Waals surface area contributed by atoms with E-state index in [0.29, 0.717) is 21.2 Å². The molecule has 3 rings (SSSR count). The number of hydrogen-bond acceptors (Lipinski definition) is 5. The number of alkyl halides is 3. The molecule has 1 atom stereocenters. The van der Waals surface area contributed by atoms with Crippen LogP contribution < -0.4 is 10.1 Å². The molecule has 0 spiro atoms. The van der Waals surface area contributed by atoms with Crippen LogP contribution in [0.2, 0.25) is 0 Å². The number of aromatic nitrogens is 2. The van der Waals surface area contributed by atoms with Gasteiger partial charge in [-0.2, -0.15) is 0 Å². The van der Waals surface area contributed by atoms with Gasteiger partial charge in [0.1, 0.15) is 5.75 Å². The quantitative estimate of drug-likeness (QED) is 0.318. The van der Waals surface area contributed by atoms with Crippen LogP contribution in [0.1, 0.15) is 23.3 Å². The van der Waals surface area contributed by atoms with Crippen LogP contribution in [0.5, 0.6) is 5.75 Å². The maximum atomic E-state index is 12.7. The SMILES string of the molecule is CSc1nc2cc(C(=O)Nc3ccc(OC(F)(F)Cl)cc3)cc(Br)c2n1[C@H](C)CO. The van der Waals surface area contributed by atoms with E-state index in [4.69, 9.17) is 11.6 Å². The number of halogens is 4. The van der Waals surface area contributed by atoms with Crippen molar-refractivity contribution in [3.8, 4) is 5.75 Å². The van der Waals surface area contributed by atoms with Crippen LogP contribution >= 0.6 is 39.3 Å². The van der Waals surface area contributed by atoms with E-state index in [2.05, 4.69) is 31.0 Å². The minimum Gasteiger partial charge on any atom is -0.420 e. The Bertz CT molecular complexity index is 1070. The predicted molar refractivity (Wildman–Crippen MR) is 117 cm³/mol. The first-order valence-corrected chi connectivity index (χ1v) is 11.1. The normalized spacial score (nSPS) is 12.8. The number of aliphatic hydroxyl groups excluding tert-OH is 1. The highest BCUT2D eigenvalue weighted by atomic mass is 79.9. The molecule has 0 aliphatic rings. The van der Waals surface area contributed by atoms with Crippen molar-refractivity contribution in [3.63, 3.8) is 0 Å². The van der Waals surface area contributed by atoms with Crippen molar-refractivity contribution in [1.82, 2.24) is 9.55 Å². The van der Waals surface area contributed by atoms with Gasteiger partial charge < -0.3 is 19.7 Å². The number of thioether (sulfide) groups is 1. The number of benzene rings is 2. The lowest BCUT2D eigenvalue weighted by atomic mass is 10.1. The third kappa shape index (κ3) is 5.05. The first-order valence-electron chi connectivity index (χ1n) is 8.66. The highest BCUT2D eigenvalue weighted by Gasteiger charge is 2.27. The van der Waals surface area contributed by atoms with Gasteiger partial charge in [-0.25, -0.2) is 4.98 Å². The molecule has 1 aromatic heterocycles. The summed E-state index contributed by atoms with van der Waals surface area (Å²) >= 11 is 9.67. The van der Waals surface area contributed by atoms with Gasteiger partial charge in [0.25, 0.3) is 5.91 Å². The van der Waals surface area contributed by atoms with Crippen LogP contribution in [0.4, 0.5) is 14.5 Å². The summed E-state index contributed by atoms with van der Waals surface area (Å²) in [5, 5.41) is 13.0. The lowest BCUT2D eigenvalue weighted by Crippen LogP contribution is -2.16. The number of carbonyl (C=O) groups excluding carboxylic acids is 1. The summed E-state index contributed by atoms with van der Waals surface area (Å²) in [6, 6.07) is 8.52. The van der Waals surface area contributed by atoms with Crippen molar-refractivity contribution in [2.75, 3.05) is 18.2 Å². The fourth-order valence-electron chi connectivity index (χ4n) is 2.87. The number of imidazole rings is 1. The lowest BCUT2D eigenvalue weighted by Gasteiger charge is -2.15. The van der Waals surface area contributed by atoms with Gasteiger partial charge in [-0.1, -0.05) is 11.8 Å². The van der Waals surface area contributed by atoms with Crippen molar-refractivity contribution in [2.45, 2.75) is 23.7 Å². The molecule has 0 unspecified atom stereocenters. The minimum absolute atomic E-state index is 0.0525. The molecular weight excluding hydrogens is 504 g/mol. The summed E-state index contributed by atoms with van der Waals surface area (Å²) < 4.78 is 32.2. The summed E-state index contributed by atoms with van der Waals surface area (Å²) in [5.41, 5.74) is -1.67. The van der Waals surface area contributed by atoms with Gasteiger partial charge in [0.15, 0.2) is 5.16 Å². The smallest absolute Gasteiger partial charge is 0.420 e. The first-order chi connectivity index (χ1) is 14.1. The maximum absolute atomic E-state index is 12.7. The van der Waals surface area contributed by atoms with Crippen LogP contribution in [-0.2, 0) is 0 Å². The zero-order valence-corrected chi connectivity index (χ0v) is 19.0. The number of nitrogens with one attached hydrogen (secondary N) is 1. The Balaban J connectivity index is 1.87. The second kappa shape index (κ2) is 9.09. The number of anilines is 1. The van der Waals surface area contributed by atoms with Gasteiger partial charge in [0.2, 0.25) is 0 Å². The number of rotatable bonds is 7. The largest absolute Gasteiger partial charge is 0.487 e. The fraction of sp³-hybridized carbons (Fsp3) is 0.263. The fourth-order valence-corrected chi connectivity index (χ4v) is 4.26. The summed E-state index contributed by atoms with van der Waals surface area (Å²) in [6.45, 7) is 1.82. The van der Waals surface area contributed by atoms with Crippen LogP contribution in [0.25, 0.3) is 11.0 Å². The molecule has 3 aromatic rings. The molecule has 0 radical (unpaired) electrons. The summed E-state index contributed by atoms with van der Waals surface area (Å²) in [6.07, 6.45) is 1.89. The number of hydrogen-bond donors (Lipinski definition) is 2. The van der Waals surface area contributed by atoms with E-state index >= 15 is 0 Å². The molecule has 11 heteroatoms. The van der Waals surface area contributed by atoms with Crippen molar-refractivity contribution in [1.29, 1.82) is 0 Å². The van der Waals surface area contributed by atoms with Crippen molar-refractivity contribution < 1.29 is 23.4 Å². The molecule has 0 saturated heterocycles. The van der Waals surface area contributed by atoms with E-state index in [1.807, 2.05) is 17.7 Å². The third-order valence-corrected chi connectivity index (χ3v) is 5.54. The van der Waals surface area contributed by atoms with E-state index in [-0.39, 0.29) is 18.4 Å². The Morgan fingerprint density at radius 1 is 1.40 bits per heavy atom. The third-order valence-electron chi connectivity index (χ3n) is 4.20. The van der Waals surface area contributed by atoms with Gasteiger partial charge in [-0.05, 0) is 65.5 Å². The molecule has 6 nitrogen and oxygen atoms in total. The van der Waals surface area contributed by atoms with Crippen LogP contribution in [0.15, 0.2) is 46.0 Å². The number of nitrogens with zero attached hydrogens (tertiary/aromatic N) is 2. The monoisotopic (exact) mass is 519 g/mol. The zero-order chi connectivity index (χ0) is 22.1. The molecule has 0 aliphatic carbocycles. The Kier molecular flexibility index (Phi) is 6.91. The molecule has 2 N–H and O–H groups in total. The van der Waals surface area contributed by atoms with Crippen LogP contribution in [-0.4, -0.2) is 39.0 Å². The average Bonchev–Trinajstić information content (AvgIpc) is 3.07. The van der Waals surface area contributed by atoms with Crippen molar-refractivity contribution >= 4 is 61.9 Å². The van der Waals surface area contributed by atoms with Crippen LogP contribution in [0.3, 0.4) is 0 Å². The number of ether oxygens (including phenoxy) is 1. The highest BCUT2D eigenvalue weighted by Crippen LogP contribution is 2.33. The Labute approximate surface area is 188 Å². The molecular formula is C19H17BrClF2N3O3S. The second-order valence-electron chi connectivity index (χ2n) is 6.35. The molecule has 2 aromatic carbocycles. The van der Waals surface area contributed by atoms with Gasteiger partial charge in [0.05, 0.1) is 23.7 Å². The molecule has 1 amide bonds. The van der Waals surface area contributed by atoms with Gasteiger partial charge in [-0.3, -0.25) is 4.79 Å². The van der Waals surface area contributed by atoms with Gasteiger partial charge in [-0.15, -0.1) is 8.78 Å². The minimum atomic E-state index is -3.81. The molecule has 0 fully saturated rings. The van der Waals surface area contributed by atoms with Crippen molar-refractivity contribution in [3.05, 3.63) is 46.4 Å². The lowest BCUT2D eigenvalue weighted by molar-refractivity contribution is -0.0964. The standard InChI is InChI=1S/C19H17BrClF2N3O3S/c1-10(9-27)26-16-14(20)7-11(8-15(16)25-18(26)30-2)17(28)24-12-3-5-13(6-4-12)29-19(21,22)23/h3-8,10,27H,9H2,1-2H3,(H,24,28)/t10-/m1/s1. The van der Waals surface area contributed by atoms with Crippen LogP contribution in [0, 0.1) is 0 Å². The Morgan fingerprint density at radius 3 is 2.63 bits per heavy atom. The van der Waals surface area contributed by atoms with Gasteiger partial charge in [0, 0.05) is 27.3 Å². The molecule has 0 bridgehead atoms. The predicted octanol–water partition coefficient (Wildman–Crippen LogP) is 5.49. The number of carbonyl (C=O) groups is 1. The zero-order valence-electron chi connectivity index (χ0n) is 15.8. The Morgan fingerprint density at radius 2 is 2.07 bits per heavy atom. The maximum Gasteiger partial charge on any atom is 0.487 e. The van der Waals surface area contributed by atoms with E-state index in [9.17, 15) is 18.7 Å². The topological polar surface area (TPSA) is 76.4 Å². The molecule has 30 heavy (non-hydrogen) atoms. The summed E-state index contributed by atoms with van der Waals surface area (Å²) in [7, 11) is 0. The molecule has 0 saturated carbocycles. The summed E-state index contributed by atoms with van der Waals surface area (Å²) in [4.78, 5) is 17.3. The number of fused-ring (bicyclic) bond motifs is 1.